The fourth-order valence-corrected chi connectivity index (χ4v) is 7.75. The Bertz CT molecular complexity index is 2740. The molecule has 3 nitrogen and oxygen atoms in total. The third-order valence-electron chi connectivity index (χ3n) is 10.3. The van der Waals surface area contributed by atoms with Gasteiger partial charge < -0.3 is 15.0 Å². The first-order valence-electron chi connectivity index (χ1n) is 17.8. The minimum Gasteiger partial charge on any atom is -0.464 e. The van der Waals surface area contributed by atoms with Crippen molar-refractivity contribution in [1.29, 1.82) is 0 Å². The summed E-state index contributed by atoms with van der Waals surface area (Å²) in [6.07, 6.45) is -0.256. The number of benzene rings is 9. The molecule has 9 aromatic carbocycles. The standard InChI is InChI=1S/C49H34N2O/c1-4-14-33(15-5-1)37-26-28-42-44(31-37)45-32-38(27-29-43(45)48-47(42)50-49(52-48)35-17-6-2-7-18-35)36-20-12-23-40(30-36)51(39-21-8-3-9-22-39)46-25-13-19-34-16-10-11-24-41(34)46/h1-32,49-50H. The van der Waals surface area contributed by atoms with Crippen LogP contribution in [0.1, 0.15) is 11.8 Å². The maximum Gasteiger partial charge on any atom is 0.196 e. The molecule has 246 valence electrons. The molecule has 52 heavy (non-hydrogen) atoms. The maximum atomic E-state index is 6.74. The molecule has 0 aromatic heterocycles. The van der Waals surface area contributed by atoms with E-state index in [2.05, 4.69) is 198 Å². The summed E-state index contributed by atoms with van der Waals surface area (Å²) in [6, 6.07) is 69.3. The van der Waals surface area contributed by atoms with Crippen LogP contribution in [0.15, 0.2) is 194 Å². The Hall–Kier alpha value is -6.84. The molecule has 1 heterocycles. The number of ether oxygens (including phenoxy) is 1. The molecule has 9 aromatic rings. The Morgan fingerprint density at radius 2 is 0.981 bits per heavy atom. The smallest absolute Gasteiger partial charge is 0.196 e. The van der Waals surface area contributed by atoms with Gasteiger partial charge in [0.1, 0.15) is 0 Å². The predicted octanol–water partition coefficient (Wildman–Crippen LogP) is 13.5. The topological polar surface area (TPSA) is 24.5 Å². The van der Waals surface area contributed by atoms with Crippen LogP contribution >= 0.6 is 0 Å². The van der Waals surface area contributed by atoms with Gasteiger partial charge in [-0.15, -0.1) is 0 Å². The monoisotopic (exact) mass is 666 g/mol. The van der Waals surface area contributed by atoms with Gasteiger partial charge in [0.15, 0.2) is 12.0 Å². The summed E-state index contributed by atoms with van der Waals surface area (Å²) in [5.41, 5.74) is 10.2. The molecule has 1 unspecified atom stereocenters. The summed E-state index contributed by atoms with van der Waals surface area (Å²) in [5, 5.41) is 10.8. The van der Waals surface area contributed by atoms with Crippen LogP contribution in [0.25, 0.3) is 54.6 Å². The molecule has 0 saturated carbocycles. The van der Waals surface area contributed by atoms with Crippen LogP contribution in [0.3, 0.4) is 0 Å². The summed E-state index contributed by atoms with van der Waals surface area (Å²) in [7, 11) is 0. The number of nitrogens with zero attached hydrogens (tertiary/aromatic N) is 1. The highest BCUT2D eigenvalue weighted by Crippen LogP contribution is 2.50. The van der Waals surface area contributed by atoms with Crippen molar-refractivity contribution < 1.29 is 4.74 Å². The molecular weight excluding hydrogens is 633 g/mol. The molecule has 0 saturated heterocycles. The van der Waals surface area contributed by atoms with Gasteiger partial charge in [-0.05, 0) is 86.9 Å². The first kappa shape index (κ1) is 30.0. The Morgan fingerprint density at radius 1 is 0.404 bits per heavy atom. The van der Waals surface area contributed by atoms with Crippen molar-refractivity contribution >= 4 is 55.1 Å². The third kappa shape index (κ3) is 5.14. The van der Waals surface area contributed by atoms with Gasteiger partial charge in [0.25, 0.3) is 0 Å². The summed E-state index contributed by atoms with van der Waals surface area (Å²) in [5.74, 6) is 0.898. The molecule has 1 atom stereocenters. The fourth-order valence-electron chi connectivity index (χ4n) is 7.75. The zero-order valence-electron chi connectivity index (χ0n) is 28.4. The van der Waals surface area contributed by atoms with Gasteiger partial charge in [-0.2, -0.15) is 0 Å². The van der Waals surface area contributed by atoms with E-state index in [4.69, 9.17) is 4.74 Å². The number of hydrogen-bond donors (Lipinski definition) is 1. The first-order chi connectivity index (χ1) is 25.8. The fraction of sp³-hybridized carbons (Fsp3) is 0.0204. The molecular formula is C49H34N2O. The van der Waals surface area contributed by atoms with Crippen molar-refractivity contribution in [1.82, 2.24) is 0 Å². The van der Waals surface area contributed by atoms with Crippen molar-refractivity contribution in [2.24, 2.45) is 0 Å². The van der Waals surface area contributed by atoms with E-state index in [1.165, 1.54) is 32.7 Å². The zero-order chi connectivity index (χ0) is 34.4. The van der Waals surface area contributed by atoms with Crippen LogP contribution in [0, 0.1) is 0 Å². The van der Waals surface area contributed by atoms with E-state index in [0.29, 0.717) is 0 Å². The number of hydrogen-bond acceptors (Lipinski definition) is 3. The molecule has 3 heteroatoms. The van der Waals surface area contributed by atoms with E-state index in [-0.39, 0.29) is 6.23 Å². The second kappa shape index (κ2) is 12.5. The molecule has 0 spiro atoms. The van der Waals surface area contributed by atoms with E-state index in [1.54, 1.807) is 0 Å². The number of anilines is 4. The largest absolute Gasteiger partial charge is 0.464 e. The predicted molar refractivity (Wildman–Crippen MR) is 218 cm³/mol. The second-order valence-electron chi connectivity index (χ2n) is 13.4. The molecule has 0 fully saturated rings. The van der Waals surface area contributed by atoms with Crippen LogP contribution < -0.4 is 15.0 Å². The molecule has 0 amide bonds. The summed E-state index contributed by atoms with van der Waals surface area (Å²) in [6.45, 7) is 0. The average Bonchev–Trinajstić information content (AvgIpc) is 3.68. The Morgan fingerprint density at radius 3 is 1.79 bits per heavy atom. The van der Waals surface area contributed by atoms with Gasteiger partial charge in [-0.3, -0.25) is 0 Å². The van der Waals surface area contributed by atoms with Crippen LogP contribution in [-0.2, 0) is 0 Å². The zero-order valence-corrected chi connectivity index (χ0v) is 28.4. The lowest BCUT2D eigenvalue weighted by Gasteiger charge is -2.27. The maximum absolute atomic E-state index is 6.74. The molecule has 0 bridgehead atoms. The number of rotatable bonds is 6. The van der Waals surface area contributed by atoms with Gasteiger partial charge >= 0.3 is 0 Å². The van der Waals surface area contributed by atoms with Crippen molar-refractivity contribution in [3.63, 3.8) is 0 Å². The second-order valence-corrected chi connectivity index (χ2v) is 13.4. The highest BCUT2D eigenvalue weighted by molar-refractivity contribution is 6.19. The van der Waals surface area contributed by atoms with E-state index < -0.39 is 0 Å². The van der Waals surface area contributed by atoms with Gasteiger partial charge in [0.2, 0.25) is 0 Å². The number of para-hydroxylation sites is 1. The lowest BCUT2D eigenvalue weighted by atomic mass is 9.93. The van der Waals surface area contributed by atoms with E-state index >= 15 is 0 Å². The van der Waals surface area contributed by atoms with Crippen molar-refractivity contribution in [3.8, 4) is 28.0 Å². The first-order valence-corrected chi connectivity index (χ1v) is 17.8. The molecule has 10 rings (SSSR count). The molecule has 0 aliphatic carbocycles. The molecule has 1 N–H and O–H groups in total. The Balaban J connectivity index is 1.15. The van der Waals surface area contributed by atoms with Crippen LogP contribution in [0.2, 0.25) is 0 Å². The average molecular weight is 667 g/mol. The van der Waals surface area contributed by atoms with E-state index in [1.807, 2.05) is 6.07 Å². The summed E-state index contributed by atoms with van der Waals surface area (Å²) in [4.78, 5) is 2.37. The summed E-state index contributed by atoms with van der Waals surface area (Å²) < 4.78 is 6.74. The molecule has 0 radical (unpaired) electrons. The minimum absolute atomic E-state index is 0.256. The third-order valence-corrected chi connectivity index (χ3v) is 10.3. The van der Waals surface area contributed by atoms with Crippen LogP contribution in [0.4, 0.5) is 22.7 Å². The number of nitrogens with one attached hydrogen (secondary N) is 1. The van der Waals surface area contributed by atoms with Crippen molar-refractivity contribution in [2.75, 3.05) is 10.2 Å². The van der Waals surface area contributed by atoms with Gasteiger partial charge in [-0.25, -0.2) is 0 Å². The van der Waals surface area contributed by atoms with E-state index in [0.717, 1.165) is 56.0 Å². The normalized spacial score (nSPS) is 13.5. The quantitative estimate of drug-likeness (QED) is 0.179. The minimum atomic E-state index is -0.256. The SMILES string of the molecule is c1ccc(-c2ccc3c4c(c5ccc(-c6cccc(N(c7ccccc7)c7cccc8ccccc78)c6)cc5c3c2)OC(c2ccccc2)N4)cc1. The number of fused-ring (bicyclic) bond motifs is 7. The highest BCUT2D eigenvalue weighted by atomic mass is 16.5. The Kier molecular flexibility index (Phi) is 7.21. The van der Waals surface area contributed by atoms with Gasteiger partial charge in [-0.1, -0.05) is 146 Å². The van der Waals surface area contributed by atoms with Crippen LogP contribution in [-0.4, -0.2) is 0 Å². The van der Waals surface area contributed by atoms with Crippen molar-refractivity contribution in [3.05, 3.63) is 200 Å². The summed E-state index contributed by atoms with van der Waals surface area (Å²) >= 11 is 0. The Labute approximate surface area is 303 Å². The molecule has 1 aliphatic heterocycles. The van der Waals surface area contributed by atoms with E-state index in [9.17, 15) is 0 Å². The van der Waals surface area contributed by atoms with Gasteiger partial charge in [0.05, 0.1) is 11.4 Å². The highest BCUT2D eigenvalue weighted by Gasteiger charge is 2.28. The lowest BCUT2D eigenvalue weighted by molar-refractivity contribution is 0.262. The van der Waals surface area contributed by atoms with Gasteiger partial charge in [0, 0.05) is 33.1 Å². The van der Waals surface area contributed by atoms with Crippen LogP contribution in [0.5, 0.6) is 5.75 Å². The lowest BCUT2D eigenvalue weighted by Crippen LogP contribution is -2.10. The molecule has 1 aliphatic rings. The van der Waals surface area contributed by atoms with Crippen molar-refractivity contribution in [2.45, 2.75) is 6.23 Å².